The number of nitrogens with one attached hydrogen (secondary N) is 1. The van der Waals surface area contributed by atoms with E-state index in [2.05, 4.69) is 11.2 Å². The Bertz CT molecular complexity index is 476. The highest BCUT2D eigenvalue weighted by Gasteiger charge is 2.38. The number of hydrogen-bond acceptors (Lipinski definition) is 2. The fraction of sp³-hybridized carbons (Fsp3) is 0.286. The molecule has 0 spiro atoms. The van der Waals surface area contributed by atoms with E-state index in [-0.39, 0.29) is 6.42 Å². The van der Waals surface area contributed by atoms with Crippen LogP contribution in [-0.4, -0.2) is 11.8 Å². The molecule has 0 fully saturated rings. The van der Waals surface area contributed by atoms with Crippen LogP contribution < -0.4 is 11.1 Å². The van der Waals surface area contributed by atoms with Crippen LogP contribution in [0.2, 0.25) is 0 Å². The monoisotopic (exact) mass is 244 g/mol. The summed E-state index contributed by atoms with van der Waals surface area (Å²) in [6.07, 6.45) is 5.15. The van der Waals surface area contributed by atoms with Crippen molar-refractivity contribution in [3.63, 3.8) is 0 Å². The maximum absolute atomic E-state index is 12.0. The van der Waals surface area contributed by atoms with Gasteiger partial charge in [-0.15, -0.1) is 12.3 Å². The summed E-state index contributed by atoms with van der Waals surface area (Å²) in [7, 11) is 0. The zero-order chi connectivity index (χ0) is 13.6. The van der Waals surface area contributed by atoms with Gasteiger partial charge in [-0.25, -0.2) is 0 Å². The second-order valence-electron chi connectivity index (χ2n) is 4.25. The molecule has 0 aliphatic rings. The maximum atomic E-state index is 12.0. The van der Waals surface area contributed by atoms with Crippen LogP contribution in [-0.2, 0) is 16.1 Å². The van der Waals surface area contributed by atoms with Gasteiger partial charge in [0, 0.05) is 13.0 Å². The Balaban J connectivity index is 2.70. The van der Waals surface area contributed by atoms with E-state index in [1.165, 1.54) is 6.92 Å². The van der Waals surface area contributed by atoms with Crippen LogP contribution in [0, 0.1) is 17.8 Å². The number of hydrogen-bond donors (Lipinski definition) is 2. The summed E-state index contributed by atoms with van der Waals surface area (Å²) in [5.41, 5.74) is 4.82. The van der Waals surface area contributed by atoms with Crippen molar-refractivity contribution >= 4 is 11.8 Å². The molecular weight excluding hydrogens is 228 g/mol. The van der Waals surface area contributed by atoms with Gasteiger partial charge in [0.25, 0.3) is 0 Å². The molecule has 0 saturated heterocycles. The number of amides is 2. The predicted molar refractivity (Wildman–Crippen MR) is 69.0 cm³/mol. The van der Waals surface area contributed by atoms with Gasteiger partial charge in [0.15, 0.2) is 0 Å². The van der Waals surface area contributed by atoms with Crippen molar-refractivity contribution in [3.05, 3.63) is 35.9 Å². The third-order valence-electron chi connectivity index (χ3n) is 2.80. The van der Waals surface area contributed by atoms with E-state index in [1.807, 2.05) is 30.3 Å². The minimum Gasteiger partial charge on any atom is -0.369 e. The molecule has 1 aromatic carbocycles. The number of carbonyl (C=O) groups excluding carboxylic acids is 2. The molecule has 4 nitrogen and oxygen atoms in total. The molecule has 3 N–H and O–H groups in total. The summed E-state index contributed by atoms with van der Waals surface area (Å²) in [4.78, 5) is 23.3. The smallest absolute Gasteiger partial charge is 0.236 e. The van der Waals surface area contributed by atoms with Crippen molar-refractivity contribution in [2.24, 2.45) is 11.1 Å². The third kappa shape index (κ3) is 3.11. The molecule has 0 radical (unpaired) electrons. The zero-order valence-corrected chi connectivity index (χ0v) is 10.3. The fourth-order valence-electron chi connectivity index (χ4n) is 1.46. The van der Waals surface area contributed by atoms with Crippen molar-refractivity contribution in [3.8, 4) is 12.3 Å². The number of primary amides is 1. The first-order valence-electron chi connectivity index (χ1n) is 5.56. The van der Waals surface area contributed by atoms with Crippen molar-refractivity contribution < 1.29 is 9.59 Å². The average Bonchev–Trinajstić information content (AvgIpc) is 2.37. The minimum absolute atomic E-state index is 0.0110. The van der Waals surface area contributed by atoms with Crippen molar-refractivity contribution in [2.45, 2.75) is 19.9 Å². The molecule has 1 atom stereocenters. The standard InChI is InChI=1S/C14H16N2O2/c1-3-9-14(2,12(15)17)13(18)16-10-11-7-5-4-6-8-11/h1,4-8H,9-10H2,2H3,(H2,15,17)(H,16,18). The number of nitrogens with two attached hydrogens (primary N) is 1. The normalized spacial score (nSPS) is 13.1. The topological polar surface area (TPSA) is 72.2 Å². The molecule has 0 bridgehead atoms. The lowest BCUT2D eigenvalue weighted by atomic mass is 9.85. The molecule has 0 heterocycles. The number of rotatable bonds is 5. The summed E-state index contributed by atoms with van der Waals surface area (Å²) in [5, 5.41) is 2.67. The Morgan fingerprint density at radius 3 is 2.50 bits per heavy atom. The molecule has 0 aromatic heterocycles. The number of terminal acetylenes is 1. The lowest BCUT2D eigenvalue weighted by Gasteiger charge is -2.22. The second kappa shape index (κ2) is 5.87. The van der Waals surface area contributed by atoms with Crippen molar-refractivity contribution in [1.82, 2.24) is 5.32 Å². The van der Waals surface area contributed by atoms with Gasteiger partial charge in [-0.1, -0.05) is 30.3 Å². The van der Waals surface area contributed by atoms with E-state index >= 15 is 0 Å². The first-order chi connectivity index (χ1) is 8.50. The maximum Gasteiger partial charge on any atom is 0.236 e. The first kappa shape index (κ1) is 13.8. The summed E-state index contributed by atoms with van der Waals surface area (Å²) < 4.78 is 0. The van der Waals surface area contributed by atoms with Crippen LogP contribution >= 0.6 is 0 Å². The Morgan fingerprint density at radius 1 is 1.39 bits per heavy atom. The molecule has 18 heavy (non-hydrogen) atoms. The predicted octanol–water partition coefficient (Wildman–Crippen LogP) is 0.818. The van der Waals surface area contributed by atoms with Gasteiger partial charge in [-0.3, -0.25) is 9.59 Å². The zero-order valence-electron chi connectivity index (χ0n) is 10.3. The van der Waals surface area contributed by atoms with Crippen molar-refractivity contribution in [1.29, 1.82) is 0 Å². The third-order valence-corrected chi connectivity index (χ3v) is 2.80. The van der Waals surface area contributed by atoms with E-state index in [4.69, 9.17) is 12.2 Å². The summed E-state index contributed by atoms with van der Waals surface area (Å²) in [6.45, 7) is 1.79. The van der Waals surface area contributed by atoms with E-state index in [0.717, 1.165) is 5.56 Å². The SMILES string of the molecule is C#CCC(C)(C(N)=O)C(=O)NCc1ccccc1. The largest absolute Gasteiger partial charge is 0.369 e. The van der Waals surface area contributed by atoms with Crippen LogP contribution in [0.25, 0.3) is 0 Å². The van der Waals surface area contributed by atoms with Crippen LogP contribution in [0.3, 0.4) is 0 Å². The van der Waals surface area contributed by atoms with Crippen LogP contribution in [0.5, 0.6) is 0 Å². The highest BCUT2D eigenvalue weighted by molar-refractivity contribution is 6.04. The van der Waals surface area contributed by atoms with E-state index in [9.17, 15) is 9.59 Å². The van der Waals surface area contributed by atoms with Gasteiger partial charge < -0.3 is 11.1 Å². The van der Waals surface area contributed by atoms with Gasteiger partial charge >= 0.3 is 0 Å². The average molecular weight is 244 g/mol. The Morgan fingerprint density at radius 2 is 2.00 bits per heavy atom. The van der Waals surface area contributed by atoms with Crippen molar-refractivity contribution in [2.75, 3.05) is 0 Å². The Kier molecular flexibility index (Phi) is 4.50. The Hall–Kier alpha value is -2.28. The first-order valence-corrected chi connectivity index (χ1v) is 5.56. The highest BCUT2D eigenvalue weighted by atomic mass is 16.2. The summed E-state index contributed by atoms with van der Waals surface area (Å²) in [6, 6.07) is 9.38. The summed E-state index contributed by atoms with van der Waals surface area (Å²) in [5.74, 6) is 1.14. The lowest BCUT2D eigenvalue weighted by Crippen LogP contribution is -2.47. The van der Waals surface area contributed by atoms with Gasteiger partial charge in [-0.2, -0.15) is 0 Å². The quantitative estimate of drug-likeness (QED) is 0.594. The molecule has 0 saturated carbocycles. The lowest BCUT2D eigenvalue weighted by molar-refractivity contribution is -0.140. The van der Waals surface area contributed by atoms with E-state index in [1.54, 1.807) is 0 Å². The van der Waals surface area contributed by atoms with Gasteiger partial charge in [-0.05, 0) is 12.5 Å². The van der Waals surface area contributed by atoms with Crippen LogP contribution in [0.15, 0.2) is 30.3 Å². The molecule has 1 aromatic rings. The molecule has 0 aliphatic carbocycles. The molecule has 1 rings (SSSR count). The highest BCUT2D eigenvalue weighted by Crippen LogP contribution is 2.20. The number of benzene rings is 1. The number of carbonyl (C=O) groups is 2. The minimum atomic E-state index is -1.36. The van der Waals surface area contributed by atoms with Gasteiger partial charge in [0.1, 0.15) is 5.41 Å². The molecule has 94 valence electrons. The Labute approximate surface area is 107 Å². The van der Waals surface area contributed by atoms with E-state index in [0.29, 0.717) is 6.54 Å². The van der Waals surface area contributed by atoms with Gasteiger partial charge in [0.05, 0.1) is 0 Å². The van der Waals surface area contributed by atoms with Crippen LogP contribution in [0.4, 0.5) is 0 Å². The molecule has 0 aliphatic heterocycles. The van der Waals surface area contributed by atoms with E-state index < -0.39 is 17.2 Å². The fourth-order valence-corrected chi connectivity index (χ4v) is 1.46. The molecule has 4 heteroatoms. The summed E-state index contributed by atoms with van der Waals surface area (Å²) >= 11 is 0. The molecular formula is C14H16N2O2. The van der Waals surface area contributed by atoms with Gasteiger partial charge in [0.2, 0.25) is 11.8 Å². The molecule has 1 unspecified atom stereocenters. The second-order valence-corrected chi connectivity index (χ2v) is 4.25. The molecule has 2 amide bonds. The van der Waals surface area contributed by atoms with Crippen LogP contribution in [0.1, 0.15) is 18.9 Å².